The van der Waals surface area contributed by atoms with E-state index in [0.29, 0.717) is 24.5 Å². The first-order valence-corrected chi connectivity index (χ1v) is 11.3. The lowest BCUT2D eigenvalue weighted by Crippen LogP contribution is -2.50. The number of nitrogens with one attached hydrogen (secondary N) is 1. The molecule has 0 saturated carbocycles. The zero-order chi connectivity index (χ0) is 20.0. The maximum Gasteiger partial charge on any atom is 0.243 e. The van der Waals surface area contributed by atoms with E-state index in [0.717, 1.165) is 49.0 Å². The first-order chi connectivity index (χ1) is 12.8. The minimum Gasteiger partial charge on any atom is -0.339 e. The highest BCUT2D eigenvalue weighted by Gasteiger charge is 2.30. The van der Waals surface area contributed by atoms with Gasteiger partial charge in [-0.2, -0.15) is 4.31 Å². The fourth-order valence-electron chi connectivity index (χ4n) is 3.34. The van der Waals surface area contributed by atoms with Crippen molar-refractivity contribution >= 4 is 15.9 Å². The Hall–Kier alpha value is -1.44. The highest BCUT2D eigenvalue weighted by molar-refractivity contribution is 7.89. The van der Waals surface area contributed by atoms with Gasteiger partial charge < -0.3 is 10.2 Å². The molecule has 1 amide bonds. The molecule has 27 heavy (non-hydrogen) atoms. The fraction of sp³-hybridized carbons (Fsp3) is 0.650. The third-order valence-corrected chi connectivity index (χ3v) is 7.19. The summed E-state index contributed by atoms with van der Waals surface area (Å²) in [7, 11) is -3.71. The molecule has 0 aliphatic carbocycles. The van der Waals surface area contributed by atoms with Crippen molar-refractivity contribution in [3.63, 3.8) is 0 Å². The standard InChI is InChI=1S/C20H33N3O3S/c1-5-6-7-10-23(15-20(24)22-11-8-21-9-12-22)27(25,26)19-14-17(3)16(2)13-18(19)4/h13-14,21H,5-12,15H2,1-4H3. The van der Waals surface area contributed by atoms with Crippen molar-refractivity contribution in [2.45, 2.75) is 51.9 Å². The van der Waals surface area contributed by atoms with E-state index in [1.807, 2.05) is 26.8 Å². The number of nitrogens with zero attached hydrogens (tertiary/aromatic N) is 2. The van der Waals surface area contributed by atoms with Crippen LogP contribution in [0.4, 0.5) is 0 Å². The Morgan fingerprint density at radius 3 is 2.33 bits per heavy atom. The quantitative estimate of drug-likeness (QED) is 0.685. The number of hydrogen-bond donors (Lipinski definition) is 1. The van der Waals surface area contributed by atoms with Crippen LogP contribution < -0.4 is 5.32 Å². The Balaban J connectivity index is 2.28. The summed E-state index contributed by atoms with van der Waals surface area (Å²) in [5.74, 6) is -0.113. The Morgan fingerprint density at radius 1 is 1.07 bits per heavy atom. The normalized spacial score (nSPS) is 15.4. The van der Waals surface area contributed by atoms with Crippen LogP contribution in [0.15, 0.2) is 17.0 Å². The van der Waals surface area contributed by atoms with Crippen LogP contribution in [0.1, 0.15) is 42.9 Å². The predicted molar refractivity (Wildman–Crippen MR) is 108 cm³/mol. The number of unbranched alkanes of at least 4 members (excludes halogenated alkanes) is 2. The van der Waals surface area contributed by atoms with Crippen molar-refractivity contribution in [3.05, 3.63) is 28.8 Å². The second-order valence-corrected chi connectivity index (χ2v) is 9.28. The Labute approximate surface area is 164 Å². The topological polar surface area (TPSA) is 69.7 Å². The van der Waals surface area contributed by atoms with Crippen molar-refractivity contribution in [1.82, 2.24) is 14.5 Å². The number of piperazine rings is 1. The van der Waals surface area contributed by atoms with E-state index >= 15 is 0 Å². The average Bonchev–Trinajstić information content (AvgIpc) is 2.64. The van der Waals surface area contributed by atoms with Crippen LogP contribution in [0, 0.1) is 20.8 Å². The summed E-state index contributed by atoms with van der Waals surface area (Å²) in [6.45, 7) is 10.9. The Bertz CT molecular complexity index is 756. The van der Waals surface area contributed by atoms with E-state index in [-0.39, 0.29) is 12.5 Å². The van der Waals surface area contributed by atoms with Gasteiger partial charge in [0.1, 0.15) is 0 Å². The zero-order valence-electron chi connectivity index (χ0n) is 17.0. The molecule has 0 radical (unpaired) electrons. The van der Waals surface area contributed by atoms with Gasteiger partial charge in [-0.05, 0) is 49.9 Å². The third kappa shape index (κ3) is 5.53. The molecule has 1 aliphatic heterocycles. The van der Waals surface area contributed by atoms with Crippen LogP contribution in [0.25, 0.3) is 0 Å². The van der Waals surface area contributed by atoms with E-state index in [9.17, 15) is 13.2 Å². The van der Waals surface area contributed by atoms with E-state index < -0.39 is 10.0 Å². The Kier molecular flexibility index (Phi) is 7.82. The summed E-state index contributed by atoms with van der Waals surface area (Å²) in [6, 6.07) is 3.65. The lowest BCUT2D eigenvalue weighted by molar-refractivity contribution is -0.131. The molecule has 1 aromatic carbocycles. The molecular formula is C20H33N3O3S. The second-order valence-electron chi connectivity index (χ2n) is 7.38. The molecule has 1 aliphatic rings. The molecule has 1 saturated heterocycles. The van der Waals surface area contributed by atoms with Crippen LogP contribution >= 0.6 is 0 Å². The number of aryl methyl sites for hydroxylation is 3. The molecule has 7 heteroatoms. The molecule has 0 unspecified atom stereocenters. The maximum atomic E-state index is 13.4. The van der Waals surface area contributed by atoms with Crippen molar-refractivity contribution in [2.75, 3.05) is 39.3 Å². The van der Waals surface area contributed by atoms with E-state index in [2.05, 4.69) is 12.2 Å². The number of rotatable bonds is 8. The highest BCUT2D eigenvalue weighted by Crippen LogP contribution is 2.24. The first kappa shape index (κ1) is 21.9. The van der Waals surface area contributed by atoms with Gasteiger partial charge in [0.2, 0.25) is 15.9 Å². The predicted octanol–water partition coefficient (Wildman–Crippen LogP) is 2.22. The minimum absolute atomic E-state index is 0.0849. The average molecular weight is 396 g/mol. The summed E-state index contributed by atoms with van der Waals surface area (Å²) in [5.41, 5.74) is 2.75. The second kappa shape index (κ2) is 9.66. The Morgan fingerprint density at radius 2 is 1.70 bits per heavy atom. The van der Waals surface area contributed by atoms with Crippen LogP contribution in [0.3, 0.4) is 0 Å². The number of sulfonamides is 1. The monoisotopic (exact) mass is 395 g/mol. The van der Waals surface area contributed by atoms with Crippen LogP contribution in [0.2, 0.25) is 0 Å². The van der Waals surface area contributed by atoms with Gasteiger partial charge in [0.15, 0.2) is 0 Å². The van der Waals surface area contributed by atoms with Gasteiger partial charge in [-0.15, -0.1) is 0 Å². The van der Waals surface area contributed by atoms with Crippen LogP contribution in [-0.4, -0.2) is 62.8 Å². The summed E-state index contributed by atoms with van der Waals surface area (Å²) in [5, 5.41) is 3.21. The van der Waals surface area contributed by atoms with Crippen LogP contribution in [-0.2, 0) is 14.8 Å². The molecule has 0 spiro atoms. The highest BCUT2D eigenvalue weighted by atomic mass is 32.2. The lowest BCUT2D eigenvalue weighted by atomic mass is 10.1. The van der Waals surface area contributed by atoms with Gasteiger partial charge in [0.25, 0.3) is 0 Å². The first-order valence-electron chi connectivity index (χ1n) is 9.84. The molecule has 0 aromatic heterocycles. The SMILES string of the molecule is CCCCCN(CC(=O)N1CCNCC1)S(=O)(=O)c1cc(C)c(C)cc1C. The lowest BCUT2D eigenvalue weighted by Gasteiger charge is -2.30. The molecule has 1 fully saturated rings. The van der Waals surface area contributed by atoms with E-state index in [1.54, 1.807) is 11.0 Å². The number of hydrogen-bond acceptors (Lipinski definition) is 4. The fourth-order valence-corrected chi connectivity index (χ4v) is 5.06. The molecule has 1 N–H and O–H groups in total. The van der Waals surface area contributed by atoms with Crippen molar-refractivity contribution in [3.8, 4) is 0 Å². The van der Waals surface area contributed by atoms with Gasteiger partial charge in [0, 0.05) is 32.7 Å². The smallest absolute Gasteiger partial charge is 0.243 e. The summed E-state index contributed by atoms with van der Waals surface area (Å²) >= 11 is 0. The van der Waals surface area contributed by atoms with Gasteiger partial charge in [-0.1, -0.05) is 25.8 Å². The largest absolute Gasteiger partial charge is 0.339 e. The molecule has 0 atom stereocenters. The van der Waals surface area contributed by atoms with E-state index in [4.69, 9.17) is 0 Å². The molecule has 1 heterocycles. The van der Waals surface area contributed by atoms with E-state index in [1.165, 1.54) is 4.31 Å². The van der Waals surface area contributed by atoms with Crippen LogP contribution in [0.5, 0.6) is 0 Å². The van der Waals surface area contributed by atoms with Gasteiger partial charge in [-0.3, -0.25) is 4.79 Å². The minimum atomic E-state index is -3.71. The third-order valence-electron chi connectivity index (χ3n) is 5.20. The zero-order valence-corrected chi connectivity index (χ0v) is 17.9. The van der Waals surface area contributed by atoms with Gasteiger partial charge in [-0.25, -0.2) is 8.42 Å². The van der Waals surface area contributed by atoms with Gasteiger partial charge in [0.05, 0.1) is 11.4 Å². The summed E-state index contributed by atoms with van der Waals surface area (Å²) < 4.78 is 28.1. The molecule has 2 rings (SSSR count). The molecular weight excluding hydrogens is 362 g/mol. The maximum absolute atomic E-state index is 13.4. The molecule has 6 nitrogen and oxygen atoms in total. The van der Waals surface area contributed by atoms with Crippen molar-refractivity contribution in [2.24, 2.45) is 0 Å². The molecule has 0 bridgehead atoms. The number of benzene rings is 1. The van der Waals surface area contributed by atoms with Gasteiger partial charge >= 0.3 is 0 Å². The van der Waals surface area contributed by atoms with Crippen molar-refractivity contribution in [1.29, 1.82) is 0 Å². The number of carbonyl (C=O) groups excluding carboxylic acids is 1. The molecule has 1 aromatic rings. The number of amides is 1. The number of carbonyl (C=O) groups is 1. The summed E-state index contributed by atoms with van der Waals surface area (Å²) in [6.07, 6.45) is 2.70. The van der Waals surface area contributed by atoms with Crippen molar-refractivity contribution < 1.29 is 13.2 Å². The molecule has 152 valence electrons. The summed E-state index contributed by atoms with van der Waals surface area (Å²) in [4.78, 5) is 14.8.